The highest BCUT2D eigenvalue weighted by atomic mass is 32.2. The molecule has 2 saturated heterocycles. The minimum atomic E-state index is -3.48. The third-order valence-electron chi connectivity index (χ3n) is 5.40. The molecule has 0 atom stereocenters. The maximum absolute atomic E-state index is 12.8. The molecule has 4 rings (SSSR count). The van der Waals surface area contributed by atoms with Gasteiger partial charge in [-0.25, -0.2) is 13.1 Å². The highest BCUT2D eigenvalue weighted by molar-refractivity contribution is 7.89. The molecule has 9 heteroatoms. The number of carbonyl (C=O) groups excluding carboxylic acids is 1. The Bertz CT molecular complexity index is 979. The van der Waals surface area contributed by atoms with Crippen LogP contribution in [-0.4, -0.2) is 58.2 Å². The molecule has 2 aliphatic rings. The number of carbonyl (C=O) groups is 1. The molecule has 0 aliphatic carbocycles. The Kier molecular flexibility index (Phi) is 4.51. The molecule has 0 unspecified atom stereocenters. The van der Waals surface area contributed by atoms with Crippen LogP contribution in [0.4, 0.5) is 0 Å². The highest BCUT2D eigenvalue weighted by Crippen LogP contribution is 2.28. The van der Waals surface area contributed by atoms with Gasteiger partial charge < -0.3 is 4.90 Å². The predicted octanol–water partition coefficient (Wildman–Crippen LogP) is 1.26. The Labute approximate surface area is 158 Å². The average molecular weight is 389 g/mol. The summed E-state index contributed by atoms with van der Waals surface area (Å²) in [6.07, 6.45) is 3.30. The van der Waals surface area contributed by atoms with Crippen molar-refractivity contribution in [3.8, 4) is 0 Å². The van der Waals surface area contributed by atoms with Crippen LogP contribution in [0.15, 0.2) is 29.3 Å². The van der Waals surface area contributed by atoms with Crippen molar-refractivity contribution in [3.05, 3.63) is 41.2 Å². The van der Waals surface area contributed by atoms with Crippen molar-refractivity contribution in [1.29, 1.82) is 0 Å². The van der Waals surface area contributed by atoms with E-state index >= 15 is 0 Å². The van der Waals surface area contributed by atoms with Crippen LogP contribution < -0.4 is 0 Å². The molecule has 1 amide bonds. The van der Waals surface area contributed by atoms with Crippen LogP contribution in [-0.2, 0) is 21.4 Å². The molecule has 0 bridgehead atoms. The summed E-state index contributed by atoms with van der Waals surface area (Å²) in [7, 11) is -3.48. The van der Waals surface area contributed by atoms with E-state index in [9.17, 15) is 13.2 Å². The Hall–Kier alpha value is -2.26. The third kappa shape index (κ3) is 3.37. The first kappa shape index (κ1) is 18.1. The largest absolute Gasteiger partial charge is 0.337 e. The number of hydrogen-bond acceptors (Lipinski definition) is 5. The molecule has 3 heterocycles. The fraction of sp³-hybridized carbons (Fsp3) is 0.500. The second-order valence-corrected chi connectivity index (χ2v) is 9.27. The summed E-state index contributed by atoms with van der Waals surface area (Å²) in [5, 5.41) is 8.26. The molecule has 1 aromatic heterocycles. The van der Waals surface area contributed by atoms with Crippen molar-refractivity contribution in [1.82, 2.24) is 24.2 Å². The molecule has 0 radical (unpaired) electrons. The summed E-state index contributed by atoms with van der Waals surface area (Å²) in [5.41, 5.74) is 2.77. The van der Waals surface area contributed by atoms with Crippen molar-refractivity contribution < 1.29 is 13.2 Å². The Morgan fingerprint density at radius 2 is 1.96 bits per heavy atom. The Morgan fingerprint density at radius 1 is 1.19 bits per heavy atom. The summed E-state index contributed by atoms with van der Waals surface area (Å²) in [6.45, 7) is 5.85. The molecule has 8 nitrogen and oxygen atoms in total. The SMILES string of the molecule is Cc1ccc(S(=O)(=O)N2CC(n3cc(CN4CCCC4=O)nn3)C2)cc1C. The van der Waals surface area contributed by atoms with E-state index in [-0.39, 0.29) is 11.9 Å². The van der Waals surface area contributed by atoms with Gasteiger partial charge in [-0.2, -0.15) is 4.31 Å². The number of sulfonamides is 1. The molecule has 2 fully saturated rings. The number of nitrogens with zero attached hydrogens (tertiary/aromatic N) is 5. The molecule has 0 saturated carbocycles. The average Bonchev–Trinajstić information content (AvgIpc) is 3.18. The topological polar surface area (TPSA) is 88.4 Å². The van der Waals surface area contributed by atoms with E-state index in [0.717, 1.165) is 29.8 Å². The Morgan fingerprint density at radius 3 is 2.63 bits per heavy atom. The number of aromatic nitrogens is 3. The van der Waals surface area contributed by atoms with E-state index < -0.39 is 10.0 Å². The summed E-state index contributed by atoms with van der Waals surface area (Å²) < 4.78 is 28.7. The molecule has 0 N–H and O–H groups in total. The van der Waals surface area contributed by atoms with Crippen molar-refractivity contribution in [2.45, 2.75) is 44.2 Å². The van der Waals surface area contributed by atoms with Crippen LogP contribution in [0.5, 0.6) is 0 Å². The monoisotopic (exact) mass is 389 g/mol. The lowest BCUT2D eigenvalue weighted by Gasteiger charge is -2.37. The third-order valence-corrected chi connectivity index (χ3v) is 7.23. The van der Waals surface area contributed by atoms with Gasteiger partial charge in [-0.15, -0.1) is 5.10 Å². The van der Waals surface area contributed by atoms with Crippen LogP contribution in [0.1, 0.15) is 35.7 Å². The van der Waals surface area contributed by atoms with Gasteiger partial charge >= 0.3 is 0 Å². The lowest BCUT2D eigenvalue weighted by atomic mass is 10.1. The molecule has 2 aliphatic heterocycles. The van der Waals surface area contributed by atoms with Crippen LogP contribution >= 0.6 is 0 Å². The summed E-state index contributed by atoms with van der Waals surface area (Å²) in [6, 6.07) is 5.19. The van der Waals surface area contributed by atoms with Gasteiger partial charge in [0.15, 0.2) is 0 Å². The van der Waals surface area contributed by atoms with E-state index in [1.807, 2.05) is 26.1 Å². The maximum atomic E-state index is 12.8. The molecule has 0 spiro atoms. The van der Waals surface area contributed by atoms with E-state index in [4.69, 9.17) is 0 Å². The van der Waals surface area contributed by atoms with Crippen LogP contribution in [0, 0.1) is 13.8 Å². The van der Waals surface area contributed by atoms with Gasteiger partial charge in [0.1, 0.15) is 5.69 Å². The minimum Gasteiger partial charge on any atom is -0.337 e. The van der Waals surface area contributed by atoms with Crippen molar-refractivity contribution in [3.63, 3.8) is 0 Å². The van der Waals surface area contributed by atoms with Gasteiger partial charge in [-0.1, -0.05) is 11.3 Å². The summed E-state index contributed by atoms with van der Waals surface area (Å²) in [5.74, 6) is 0.152. The predicted molar refractivity (Wildman–Crippen MR) is 98.4 cm³/mol. The number of hydrogen-bond donors (Lipinski definition) is 0. The normalized spacial score (nSPS) is 18.9. The van der Waals surface area contributed by atoms with Gasteiger partial charge in [0.25, 0.3) is 0 Å². The first-order valence-electron chi connectivity index (χ1n) is 9.10. The van der Waals surface area contributed by atoms with Gasteiger partial charge in [0.05, 0.1) is 23.7 Å². The van der Waals surface area contributed by atoms with E-state index in [1.165, 1.54) is 4.31 Å². The second-order valence-electron chi connectivity index (χ2n) is 7.33. The standard InChI is InChI=1S/C18H23N5O3S/c1-13-5-6-17(8-14(13)2)27(25,26)22-11-16(12-22)23-10-15(19-20-23)9-21-7-3-4-18(21)24/h5-6,8,10,16H,3-4,7,9,11-12H2,1-2H3. The zero-order valence-corrected chi connectivity index (χ0v) is 16.3. The smallest absolute Gasteiger partial charge is 0.243 e. The summed E-state index contributed by atoms with van der Waals surface area (Å²) >= 11 is 0. The zero-order chi connectivity index (χ0) is 19.2. The lowest BCUT2D eigenvalue weighted by molar-refractivity contribution is -0.128. The zero-order valence-electron chi connectivity index (χ0n) is 15.5. The molecule has 1 aromatic carbocycles. The minimum absolute atomic E-state index is 0.0261. The molecule has 144 valence electrons. The van der Waals surface area contributed by atoms with Crippen molar-refractivity contribution >= 4 is 15.9 Å². The van der Waals surface area contributed by atoms with Crippen molar-refractivity contribution in [2.75, 3.05) is 19.6 Å². The van der Waals surface area contributed by atoms with E-state index in [0.29, 0.717) is 31.0 Å². The van der Waals surface area contributed by atoms with Crippen LogP contribution in [0.25, 0.3) is 0 Å². The fourth-order valence-corrected chi connectivity index (χ4v) is 5.04. The van der Waals surface area contributed by atoms with Crippen molar-refractivity contribution in [2.24, 2.45) is 0 Å². The quantitative estimate of drug-likeness (QED) is 0.768. The Balaban J connectivity index is 1.40. The molecule has 2 aromatic rings. The first-order valence-corrected chi connectivity index (χ1v) is 10.5. The van der Waals surface area contributed by atoms with E-state index in [2.05, 4.69) is 10.3 Å². The van der Waals surface area contributed by atoms with E-state index in [1.54, 1.807) is 21.7 Å². The molecular weight excluding hydrogens is 366 g/mol. The molecular formula is C18H23N5O3S. The second kappa shape index (κ2) is 6.72. The number of amides is 1. The number of likely N-dealkylation sites (tertiary alicyclic amines) is 1. The lowest BCUT2D eigenvalue weighted by Crippen LogP contribution is -2.50. The maximum Gasteiger partial charge on any atom is 0.243 e. The van der Waals surface area contributed by atoms with Crippen LogP contribution in [0.2, 0.25) is 0 Å². The van der Waals surface area contributed by atoms with Gasteiger partial charge in [0.2, 0.25) is 15.9 Å². The number of benzene rings is 1. The number of aryl methyl sites for hydroxylation is 2. The first-order chi connectivity index (χ1) is 12.8. The fourth-order valence-electron chi connectivity index (χ4n) is 3.43. The molecule has 27 heavy (non-hydrogen) atoms. The van der Waals surface area contributed by atoms with Gasteiger partial charge in [-0.05, 0) is 43.5 Å². The summed E-state index contributed by atoms with van der Waals surface area (Å²) in [4.78, 5) is 13.8. The van der Waals surface area contributed by atoms with Gasteiger partial charge in [0, 0.05) is 26.1 Å². The highest BCUT2D eigenvalue weighted by Gasteiger charge is 2.38. The number of rotatable bonds is 5. The van der Waals surface area contributed by atoms with Crippen LogP contribution in [0.3, 0.4) is 0 Å². The van der Waals surface area contributed by atoms with Gasteiger partial charge in [-0.3, -0.25) is 4.79 Å².